The van der Waals surface area contributed by atoms with Crippen LogP contribution >= 0.6 is 0 Å². The Labute approximate surface area is 177 Å². The van der Waals surface area contributed by atoms with E-state index in [2.05, 4.69) is 5.32 Å². The Morgan fingerprint density at radius 2 is 1.37 bits per heavy atom. The van der Waals surface area contributed by atoms with Crippen molar-refractivity contribution in [3.8, 4) is 5.75 Å². The van der Waals surface area contributed by atoms with E-state index in [1.807, 2.05) is 78.9 Å². The Morgan fingerprint density at radius 1 is 0.833 bits per heavy atom. The van der Waals surface area contributed by atoms with E-state index >= 15 is 0 Å². The Kier molecular flexibility index (Phi) is 7.61. The highest BCUT2D eigenvalue weighted by atomic mass is 16.5. The monoisotopic (exact) mass is 402 g/mol. The van der Waals surface area contributed by atoms with Gasteiger partial charge in [-0.25, -0.2) is 0 Å². The summed E-state index contributed by atoms with van der Waals surface area (Å²) in [6.07, 6.45) is 0.421. The van der Waals surface area contributed by atoms with Gasteiger partial charge in [0, 0.05) is 20.0 Å². The number of carbonyl (C=O) groups excluding carboxylic acids is 2. The zero-order valence-electron chi connectivity index (χ0n) is 17.0. The van der Waals surface area contributed by atoms with Gasteiger partial charge in [-0.1, -0.05) is 78.9 Å². The molecule has 0 spiro atoms. The van der Waals surface area contributed by atoms with E-state index < -0.39 is 6.04 Å². The number of nitrogens with zero attached hydrogens (tertiary/aromatic N) is 1. The average molecular weight is 402 g/mol. The zero-order valence-corrected chi connectivity index (χ0v) is 17.0. The largest absolute Gasteiger partial charge is 0.484 e. The fourth-order valence-electron chi connectivity index (χ4n) is 3.25. The summed E-state index contributed by atoms with van der Waals surface area (Å²) in [5, 5.41) is 2.71. The maximum absolute atomic E-state index is 13.2. The maximum atomic E-state index is 13.2. The standard InChI is InChI=1S/C25H26N2O3/c1-26-25(29)23(17-20-11-5-2-6-12-20)27(18-21-13-7-3-8-14-21)24(28)19-30-22-15-9-4-10-16-22/h2-16,23H,17-19H2,1H3,(H,26,29)/t23-/m1/s1. The fraction of sp³-hybridized carbons (Fsp3) is 0.200. The van der Waals surface area contributed by atoms with E-state index in [4.69, 9.17) is 4.74 Å². The number of carbonyl (C=O) groups is 2. The Balaban J connectivity index is 1.84. The van der Waals surface area contributed by atoms with Crippen molar-refractivity contribution < 1.29 is 14.3 Å². The molecule has 5 nitrogen and oxygen atoms in total. The van der Waals surface area contributed by atoms with Crippen molar-refractivity contribution in [2.75, 3.05) is 13.7 Å². The van der Waals surface area contributed by atoms with E-state index in [1.165, 1.54) is 0 Å². The first-order chi connectivity index (χ1) is 14.7. The van der Waals surface area contributed by atoms with Gasteiger partial charge in [-0.2, -0.15) is 0 Å². The number of hydrogen-bond acceptors (Lipinski definition) is 3. The molecule has 5 heteroatoms. The lowest BCUT2D eigenvalue weighted by Gasteiger charge is -2.31. The summed E-state index contributed by atoms with van der Waals surface area (Å²) in [7, 11) is 1.59. The lowest BCUT2D eigenvalue weighted by Crippen LogP contribution is -2.51. The highest BCUT2D eigenvalue weighted by Crippen LogP contribution is 2.16. The summed E-state index contributed by atoms with van der Waals surface area (Å²) in [5.74, 6) is 0.167. The predicted octanol–water partition coefficient (Wildman–Crippen LogP) is 3.45. The molecule has 30 heavy (non-hydrogen) atoms. The molecule has 0 aliphatic rings. The molecule has 1 N–H and O–H groups in total. The van der Waals surface area contributed by atoms with Crippen LogP contribution in [0.2, 0.25) is 0 Å². The molecular formula is C25H26N2O3. The molecule has 0 heterocycles. The predicted molar refractivity (Wildman–Crippen MR) is 117 cm³/mol. The number of hydrogen-bond donors (Lipinski definition) is 1. The smallest absolute Gasteiger partial charge is 0.261 e. The average Bonchev–Trinajstić information content (AvgIpc) is 2.81. The van der Waals surface area contributed by atoms with Crippen molar-refractivity contribution >= 4 is 11.8 Å². The fourth-order valence-corrected chi connectivity index (χ4v) is 3.25. The SMILES string of the molecule is CNC(=O)[C@@H](Cc1ccccc1)N(Cc1ccccc1)C(=O)COc1ccccc1. The molecule has 0 saturated carbocycles. The third-order valence-corrected chi connectivity index (χ3v) is 4.82. The van der Waals surface area contributed by atoms with Gasteiger partial charge in [0.25, 0.3) is 5.91 Å². The molecule has 2 amide bonds. The lowest BCUT2D eigenvalue weighted by molar-refractivity contribution is -0.142. The third kappa shape index (κ3) is 5.95. The minimum atomic E-state index is -0.649. The molecule has 154 valence electrons. The quantitative estimate of drug-likeness (QED) is 0.596. The first-order valence-corrected chi connectivity index (χ1v) is 9.94. The number of amides is 2. The molecule has 3 rings (SSSR count). The van der Waals surface area contributed by atoms with E-state index in [0.29, 0.717) is 18.7 Å². The summed E-state index contributed by atoms with van der Waals surface area (Å²) in [5.41, 5.74) is 1.94. The van der Waals surface area contributed by atoms with Crippen molar-refractivity contribution in [2.45, 2.75) is 19.0 Å². The normalized spacial score (nSPS) is 11.4. The summed E-state index contributed by atoms with van der Waals surface area (Å²) >= 11 is 0. The molecular weight excluding hydrogens is 376 g/mol. The van der Waals surface area contributed by atoms with Crippen LogP contribution in [0.1, 0.15) is 11.1 Å². The van der Waals surface area contributed by atoms with E-state index in [0.717, 1.165) is 11.1 Å². The number of para-hydroxylation sites is 1. The van der Waals surface area contributed by atoms with Gasteiger partial charge in [-0.15, -0.1) is 0 Å². The van der Waals surface area contributed by atoms with Crippen molar-refractivity contribution in [1.29, 1.82) is 0 Å². The zero-order chi connectivity index (χ0) is 21.2. The van der Waals surface area contributed by atoms with Crippen molar-refractivity contribution in [1.82, 2.24) is 10.2 Å². The molecule has 1 atom stereocenters. The molecule has 0 aliphatic heterocycles. The van der Waals surface area contributed by atoms with Crippen LogP contribution in [-0.2, 0) is 22.6 Å². The molecule has 0 bridgehead atoms. The minimum absolute atomic E-state index is 0.140. The number of rotatable bonds is 9. The summed E-state index contributed by atoms with van der Waals surface area (Å²) in [6, 6.07) is 27.9. The Morgan fingerprint density at radius 3 is 1.93 bits per heavy atom. The van der Waals surface area contributed by atoms with Crippen LogP contribution in [-0.4, -0.2) is 36.4 Å². The second kappa shape index (κ2) is 10.8. The first kappa shape index (κ1) is 21.1. The number of nitrogens with one attached hydrogen (secondary N) is 1. The second-order valence-corrected chi connectivity index (χ2v) is 6.93. The molecule has 3 aromatic rings. The number of likely N-dealkylation sites (N-methyl/N-ethyl adjacent to an activating group) is 1. The Bertz CT molecular complexity index is 930. The van der Waals surface area contributed by atoms with Crippen LogP contribution in [0.25, 0.3) is 0 Å². The van der Waals surface area contributed by atoms with Crippen LogP contribution < -0.4 is 10.1 Å². The number of benzene rings is 3. The van der Waals surface area contributed by atoms with Crippen LogP contribution in [0.15, 0.2) is 91.0 Å². The van der Waals surface area contributed by atoms with Crippen LogP contribution in [0.4, 0.5) is 0 Å². The highest BCUT2D eigenvalue weighted by molar-refractivity contribution is 5.88. The maximum Gasteiger partial charge on any atom is 0.261 e. The van der Waals surface area contributed by atoms with Crippen LogP contribution in [0.3, 0.4) is 0 Å². The van der Waals surface area contributed by atoms with E-state index in [1.54, 1.807) is 24.1 Å². The van der Waals surface area contributed by atoms with E-state index in [9.17, 15) is 9.59 Å². The van der Waals surface area contributed by atoms with Gasteiger partial charge in [0.15, 0.2) is 6.61 Å². The van der Waals surface area contributed by atoms with Crippen molar-refractivity contribution in [3.63, 3.8) is 0 Å². The minimum Gasteiger partial charge on any atom is -0.484 e. The van der Waals surface area contributed by atoms with Crippen LogP contribution in [0.5, 0.6) is 5.75 Å². The number of ether oxygens (including phenoxy) is 1. The van der Waals surface area contributed by atoms with Crippen molar-refractivity contribution in [3.05, 3.63) is 102 Å². The molecule has 3 aromatic carbocycles. The van der Waals surface area contributed by atoms with Gasteiger partial charge < -0.3 is 15.0 Å². The molecule has 0 aliphatic carbocycles. The molecule has 0 unspecified atom stereocenters. The first-order valence-electron chi connectivity index (χ1n) is 9.94. The molecule has 0 radical (unpaired) electrons. The lowest BCUT2D eigenvalue weighted by atomic mass is 10.0. The topological polar surface area (TPSA) is 58.6 Å². The molecule has 0 fully saturated rings. The third-order valence-electron chi connectivity index (χ3n) is 4.82. The van der Waals surface area contributed by atoms with Gasteiger partial charge in [-0.05, 0) is 23.3 Å². The van der Waals surface area contributed by atoms with Gasteiger partial charge in [0.1, 0.15) is 11.8 Å². The summed E-state index contributed by atoms with van der Waals surface area (Å²) < 4.78 is 5.68. The van der Waals surface area contributed by atoms with Gasteiger partial charge in [0.05, 0.1) is 0 Å². The van der Waals surface area contributed by atoms with E-state index in [-0.39, 0.29) is 18.4 Å². The summed E-state index contributed by atoms with van der Waals surface area (Å²) in [6.45, 7) is 0.182. The van der Waals surface area contributed by atoms with Gasteiger partial charge in [0.2, 0.25) is 5.91 Å². The Hall–Kier alpha value is -3.60. The second-order valence-electron chi connectivity index (χ2n) is 6.93. The van der Waals surface area contributed by atoms with Crippen molar-refractivity contribution in [2.24, 2.45) is 0 Å². The van der Waals surface area contributed by atoms with Gasteiger partial charge >= 0.3 is 0 Å². The summed E-state index contributed by atoms with van der Waals surface area (Å²) in [4.78, 5) is 27.6. The van der Waals surface area contributed by atoms with Gasteiger partial charge in [-0.3, -0.25) is 9.59 Å². The highest BCUT2D eigenvalue weighted by Gasteiger charge is 2.30. The molecule has 0 saturated heterocycles. The van der Waals surface area contributed by atoms with Crippen LogP contribution in [0, 0.1) is 0 Å². The molecule has 0 aromatic heterocycles.